The average Bonchev–Trinajstić information content (AvgIpc) is 2.37. The van der Waals surface area contributed by atoms with E-state index in [0.29, 0.717) is 18.6 Å². The Balaban J connectivity index is 2.36. The summed E-state index contributed by atoms with van der Waals surface area (Å²) >= 11 is 0. The molecule has 0 fully saturated rings. The van der Waals surface area contributed by atoms with Crippen molar-refractivity contribution in [2.75, 3.05) is 13.9 Å². The number of methoxy groups -OCH3 is 1. The Bertz CT molecular complexity index is 353. The first kappa shape index (κ1) is 14.8. The molecule has 2 N–H and O–H groups in total. The zero-order valence-electron chi connectivity index (χ0n) is 10.9. The topological polar surface area (TPSA) is 62.5 Å². The van der Waals surface area contributed by atoms with Gasteiger partial charge >= 0.3 is 0 Å². The maximum absolute atomic E-state index is 9.97. The molecule has 0 heterocycles. The average molecular weight is 251 g/mol. The molecular weight excluding hydrogens is 230 g/mol. The second-order valence-electron chi connectivity index (χ2n) is 4.32. The molecule has 1 aromatic rings. The highest BCUT2D eigenvalue weighted by Crippen LogP contribution is 2.17. The van der Waals surface area contributed by atoms with Gasteiger partial charge in [0.05, 0.1) is 12.2 Å². The van der Waals surface area contributed by atoms with E-state index in [1.54, 1.807) is 7.11 Å². The predicted octanol–water partition coefficient (Wildman–Crippen LogP) is 2.53. The number of nitrogens with one attached hydrogen (secondary N) is 1. The fourth-order valence-corrected chi connectivity index (χ4v) is 1.70. The van der Waals surface area contributed by atoms with Gasteiger partial charge in [0.1, 0.15) is 6.79 Å². The van der Waals surface area contributed by atoms with Crippen LogP contribution in [0.2, 0.25) is 0 Å². The lowest BCUT2D eigenvalue weighted by Crippen LogP contribution is -2.16. The minimum Gasteiger partial charge on any atom is -0.388 e. The number of rotatable bonds is 8. The Kier molecular flexibility index (Phi) is 6.57. The van der Waals surface area contributed by atoms with E-state index in [4.69, 9.17) is 14.9 Å². The Labute approximate surface area is 108 Å². The number of benzene rings is 1. The van der Waals surface area contributed by atoms with Crippen LogP contribution in [0.1, 0.15) is 31.4 Å². The van der Waals surface area contributed by atoms with Crippen molar-refractivity contribution in [3.05, 3.63) is 35.9 Å². The van der Waals surface area contributed by atoms with Crippen molar-refractivity contribution in [3.63, 3.8) is 0 Å². The maximum Gasteiger partial charge on any atom is 0.146 e. The van der Waals surface area contributed by atoms with Crippen LogP contribution in [0.4, 0.5) is 0 Å². The normalized spacial score (nSPS) is 14.2. The standard InChI is InChI=1S/C14H21NO3/c1-11(18-10-17-2)8-13(15)9-14(16)12-6-4-3-5-7-12/h3-7,11,14-16H,8-10H2,1-2H3/t11-,14-/m0/s1. The van der Waals surface area contributed by atoms with E-state index >= 15 is 0 Å². The Morgan fingerprint density at radius 1 is 1.28 bits per heavy atom. The maximum atomic E-state index is 9.97. The zero-order valence-corrected chi connectivity index (χ0v) is 10.9. The molecule has 0 amide bonds. The second-order valence-corrected chi connectivity index (χ2v) is 4.32. The van der Waals surface area contributed by atoms with Gasteiger partial charge in [-0.25, -0.2) is 0 Å². The van der Waals surface area contributed by atoms with Crippen LogP contribution in [0, 0.1) is 5.41 Å². The minimum atomic E-state index is -0.617. The van der Waals surface area contributed by atoms with Crippen molar-refractivity contribution in [1.82, 2.24) is 0 Å². The van der Waals surface area contributed by atoms with Gasteiger partial charge in [-0.2, -0.15) is 0 Å². The van der Waals surface area contributed by atoms with Crippen LogP contribution < -0.4 is 0 Å². The van der Waals surface area contributed by atoms with Crippen LogP contribution in [0.5, 0.6) is 0 Å². The van der Waals surface area contributed by atoms with Crippen LogP contribution in [0.25, 0.3) is 0 Å². The summed E-state index contributed by atoms with van der Waals surface area (Å²) in [7, 11) is 1.57. The number of hydrogen-bond acceptors (Lipinski definition) is 4. The molecule has 1 rings (SSSR count). The van der Waals surface area contributed by atoms with Gasteiger partial charge in [-0.15, -0.1) is 0 Å². The number of aliphatic hydroxyl groups excluding tert-OH is 1. The molecule has 18 heavy (non-hydrogen) atoms. The zero-order chi connectivity index (χ0) is 13.4. The summed E-state index contributed by atoms with van der Waals surface area (Å²) in [6.07, 6.45) is 0.159. The molecule has 0 bridgehead atoms. The van der Waals surface area contributed by atoms with Crippen LogP contribution >= 0.6 is 0 Å². The van der Waals surface area contributed by atoms with Crippen LogP contribution in [0.3, 0.4) is 0 Å². The minimum absolute atomic E-state index is 0.0691. The largest absolute Gasteiger partial charge is 0.388 e. The Hall–Kier alpha value is -1.23. The van der Waals surface area contributed by atoms with Crippen molar-refractivity contribution < 1.29 is 14.6 Å². The third kappa shape index (κ3) is 5.40. The molecule has 0 aliphatic carbocycles. The molecule has 4 heteroatoms. The van der Waals surface area contributed by atoms with E-state index in [-0.39, 0.29) is 12.9 Å². The van der Waals surface area contributed by atoms with Gasteiger partial charge in [-0.1, -0.05) is 30.3 Å². The summed E-state index contributed by atoms with van der Waals surface area (Å²) in [5, 5.41) is 17.8. The molecule has 100 valence electrons. The molecule has 0 unspecified atom stereocenters. The van der Waals surface area contributed by atoms with Gasteiger partial charge in [-0.05, 0) is 12.5 Å². The molecule has 0 radical (unpaired) electrons. The van der Waals surface area contributed by atoms with E-state index < -0.39 is 6.10 Å². The Morgan fingerprint density at radius 2 is 1.94 bits per heavy atom. The molecule has 0 aliphatic heterocycles. The molecule has 0 saturated carbocycles. The predicted molar refractivity (Wildman–Crippen MR) is 70.8 cm³/mol. The van der Waals surface area contributed by atoms with Crippen molar-refractivity contribution >= 4 is 5.71 Å². The van der Waals surface area contributed by atoms with E-state index in [0.717, 1.165) is 5.56 Å². The van der Waals surface area contributed by atoms with Gasteiger partial charge < -0.3 is 20.0 Å². The lowest BCUT2D eigenvalue weighted by Gasteiger charge is -2.15. The lowest BCUT2D eigenvalue weighted by molar-refractivity contribution is -0.0627. The number of hydrogen-bond donors (Lipinski definition) is 2. The van der Waals surface area contributed by atoms with Crippen molar-refractivity contribution in [2.45, 2.75) is 32.0 Å². The van der Waals surface area contributed by atoms with Crippen molar-refractivity contribution in [2.24, 2.45) is 0 Å². The summed E-state index contributed by atoms with van der Waals surface area (Å²) in [6.45, 7) is 2.12. The highest BCUT2D eigenvalue weighted by Gasteiger charge is 2.12. The first-order chi connectivity index (χ1) is 8.63. The van der Waals surface area contributed by atoms with Crippen LogP contribution in [-0.4, -0.2) is 30.8 Å². The monoisotopic (exact) mass is 251 g/mol. The SMILES string of the molecule is COCO[C@@H](C)CC(=N)C[C@H](O)c1ccccc1. The van der Waals surface area contributed by atoms with E-state index in [9.17, 15) is 5.11 Å². The molecule has 0 saturated heterocycles. The van der Waals surface area contributed by atoms with Gasteiger partial charge in [0, 0.05) is 25.7 Å². The van der Waals surface area contributed by atoms with Gasteiger partial charge in [0.15, 0.2) is 0 Å². The Morgan fingerprint density at radius 3 is 2.56 bits per heavy atom. The molecule has 1 aromatic carbocycles. The second kappa shape index (κ2) is 7.97. The molecule has 0 spiro atoms. The van der Waals surface area contributed by atoms with E-state index in [1.165, 1.54) is 0 Å². The van der Waals surface area contributed by atoms with E-state index in [1.807, 2.05) is 37.3 Å². The summed E-state index contributed by atoms with van der Waals surface area (Å²) in [4.78, 5) is 0. The summed E-state index contributed by atoms with van der Waals surface area (Å²) in [6, 6.07) is 9.40. The summed E-state index contributed by atoms with van der Waals surface area (Å²) in [5.74, 6) is 0. The third-order valence-electron chi connectivity index (χ3n) is 2.63. The number of ether oxygens (including phenoxy) is 2. The molecule has 0 aromatic heterocycles. The number of aliphatic hydroxyl groups is 1. The lowest BCUT2D eigenvalue weighted by atomic mass is 10.0. The smallest absolute Gasteiger partial charge is 0.146 e. The van der Waals surface area contributed by atoms with Crippen LogP contribution in [-0.2, 0) is 9.47 Å². The fourth-order valence-electron chi connectivity index (χ4n) is 1.70. The quantitative estimate of drug-likeness (QED) is 0.551. The third-order valence-corrected chi connectivity index (χ3v) is 2.63. The highest BCUT2D eigenvalue weighted by atomic mass is 16.7. The van der Waals surface area contributed by atoms with Gasteiger partial charge in [0.2, 0.25) is 0 Å². The van der Waals surface area contributed by atoms with E-state index in [2.05, 4.69) is 0 Å². The summed E-state index contributed by atoms with van der Waals surface area (Å²) in [5.41, 5.74) is 1.32. The molecule has 2 atom stereocenters. The van der Waals surface area contributed by atoms with Crippen molar-refractivity contribution in [1.29, 1.82) is 5.41 Å². The molecule has 0 aliphatic rings. The summed E-state index contributed by atoms with van der Waals surface area (Å²) < 4.78 is 10.1. The fraction of sp³-hybridized carbons (Fsp3) is 0.500. The first-order valence-electron chi connectivity index (χ1n) is 6.03. The van der Waals surface area contributed by atoms with Gasteiger partial charge in [0.25, 0.3) is 0 Å². The van der Waals surface area contributed by atoms with Gasteiger partial charge in [-0.3, -0.25) is 0 Å². The van der Waals surface area contributed by atoms with Crippen LogP contribution in [0.15, 0.2) is 30.3 Å². The molecular formula is C14H21NO3. The highest BCUT2D eigenvalue weighted by molar-refractivity contribution is 5.82. The first-order valence-corrected chi connectivity index (χ1v) is 6.03. The molecule has 4 nitrogen and oxygen atoms in total. The van der Waals surface area contributed by atoms with Crippen molar-refractivity contribution in [3.8, 4) is 0 Å².